The van der Waals surface area contributed by atoms with Gasteiger partial charge in [-0.1, -0.05) is 35.6 Å². The fraction of sp³-hybridized carbons (Fsp3) is 0.0952. The Balaban J connectivity index is 1.88. The summed E-state index contributed by atoms with van der Waals surface area (Å²) in [4.78, 5) is 29.7. The van der Waals surface area contributed by atoms with Crippen LogP contribution in [0.1, 0.15) is 16.1 Å². The van der Waals surface area contributed by atoms with Crippen LogP contribution in [0.4, 0.5) is 0 Å². The SMILES string of the molecule is C=CCn1c(=NC(=O)c2cc(=O)c3ccccc3o2)sc2cc(C)ccc21. The van der Waals surface area contributed by atoms with Gasteiger partial charge in [0.25, 0.3) is 0 Å². The summed E-state index contributed by atoms with van der Waals surface area (Å²) in [6.07, 6.45) is 1.76. The lowest BCUT2D eigenvalue weighted by Gasteiger charge is -2.01. The number of benzene rings is 2. The van der Waals surface area contributed by atoms with Crippen molar-refractivity contribution in [2.45, 2.75) is 13.5 Å². The van der Waals surface area contributed by atoms with E-state index in [-0.39, 0.29) is 11.2 Å². The van der Waals surface area contributed by atoms with Crippen molar-refractivity contribution in [1.82, 2.24) is 4.57 Å². The zero-order valence-corrected chi connectivity index (χ0v) is 15.5. The smallest absolute Gasteiger partial charge is 0.315 e. The van der Waals surface area contributed by atoms with Crippen molar-refractivity contribution in [1.29, 1.82) is 0 Å². The minimum absolute atomic E-state index is 0.0718. The van der Waals surface area contributed by atoms with Gasteiger partial charge >= 0.3 is 5.91 Å². The number of carbonyl (C=O) groups excluding carboxylic acids is 1. The Bertz CT molecular complexity index is 1320. The van der Waals surface area contributed by atoms with Crippen molar-refractivity contribution in [2.75, 3.05) is 0 Å². The predicted octanol–water partition coefficient (Wildman–Crippen LogP) is 4.04. The summed E-state index contributed by atoms with van der Waals surface area (Å²) in [5.74, 6) is -0.656. The molecule has 0 atom stereocenters. The highest BCUT2D eigenvalue weighted by atomic mass is 32.1. The van der Waals surface area contributed by atoms with Crippen LogP contribution in [-0.2, 0) is 6.54 Å². The number of aromatic nitrogens is 1. The molecule has 0 saturated carbocycles. The molecule has 0 saturated heterocycles. The van der Waals surface area contributed by atoms with E-state index in [2.05, 4.69) is 17.6 Å². The van der Waals surface area contributed by atoms with Crippen LogP contribution >= 0.6 is 11.3 Å². The molecule has 4 rings (SSSR count). The van der Waals surface area contributed by atoms with Gasteiger partial charge in [-0.2, -0.15) is 4.99 Å². The zero-order chi connectivity index (χ0) is 19.0. The van der Waals surface area contributed by atoms with Crippen LogP contribution in [0.3, 0.4) is 0 Å². The van der Waals surface area contributed by atoms with Crippen molar-refractivity contribution in [3.63, 3.8) is 0 Å². The van der Waals surface area contributed by atoms with Crippen molar-refractivity contribution < 1.29 is 9.21 Å². The number of nitrogens with zero attached hydrogens (tertiary/aromatic N) is 2. The standard InChI is InChI=1S/C21H16N2O3S/c1-3-10-23-15-9-8-13(2)11-19(15)27-21(23)22-20(25)18-12-16(24)14-6-4-5-7-17(14)26-18/h3-9,11-12H,1,10H2,2H3. The molecule has 4 aromatic rings. The number of hydrogen-bond acceptors (Lipinski definition) is 4. The van der Waals surface area contributed by atoms with Gasteiger partial charge in [0.15, 0.2) is 16.0 Å². The normalized spacial score (nSPS) is 12.0. The predicted molar refractivity (Wildman–Crippen MR) is 107 cm³/mol. The third kappa shape index (κ3) is 3.15. The van der Waals surface area contributed by atoms with Crippen molar-refractivity contribution in [3.8, 4) is 0 Å². The Morgan fingerprint density at radius 3 is 2.89 bits per heavy atom. The highest BCUT2D eigenvalue weighted by Crippen LogP contribution is 2.19. The Morgan fingerprint density at radius 1 is 1.26 bits per heavy atom. The summed E-state index contributed by atoms with van der Waals surface area (Å²) < 4.78 is 8.55. The first kappa shape index (κ1) is 17.2. The third-order valence-electron chi connectivity index (χ3n) is 4.19. The van der Waals surface area contributed by atoms with Gasteiger partial charge in [-0.3, -0.25) is 9.59 Å². The largest absolute Gasteiger partial charge is 0.451 e. The molecule has 2 aromatic heterocycles. The van der Waals surface area contributed by atoms with Crippen LogP contribution in [0, 0.1) is 6.92 Å². The quantitative estimate of drug-likeness (QED) is 0.507. The van der Waals surface area contributed by atoms with E-state index in [0.29, 0.717) is 22.3 Å². The molecule has 0 fully saturated rings. The topological polar surface area (TPSA) is 64.6 Å². The second-order valence-electron chi connectivity index (χ2n) is 6.14. The molecule has 0 aliphatic rings. The molecule has 0 bridgehead atoms. The fourth-order valence-electron chi connectivity index (χ4n) is 2.92. The molecule has 27 heavy (non-hydrogen) atoms. The minimum atomic E-state index is -0.584. The molecule has 6 heteroatoms. The number of thiazole rings is 1. The van der Waals surface area contributed by atoms with E-state index in [1.807, 2.05) is 23.6 Å². The monoisotopic (exact) mass is 376 g/mol. The number of carbonyl (C=O) groups is 1. The average Bonchev–Trinajstić information content (AvgIpc) is 2.98. The molecule has 0 spiro atoms. The van der Waals surface area contributed by atoms with E-state index < -0.39 is 5.91 Å². The molecule has 0 aliphatic carbocycles. The van der Waals surface area contributed by atoms with Crippen LogP contribution in [0.2, 0.25) is 0 Å². The highest BCUT2D eigenvalue weighted by Gasteiger charge is 2.13. The van der Waals surface area contributed by atoms with Crippen LogP contribution < -0.4 is 10.2 Å². The lowest BCUT2D eigenvalue weighted by Crippen LogP contribution is -2.17. The van der Waals surface area contributed by atoms with Crippen molar-refractivity contribution in [3.05, 3.63) is 87.5 Å². The molecule has 0 aliphatic heterocycles. The minimum Gasteiger partial charge on any atom is -0.451 e. The molecule has 2 aromatic carbocycles. The maximum absolute atomic E-state index is 12.7. The second-order valence-corrected chi connectivity index (χ2v) is 7.15. The summed E-state index contributed by atoms with van der Waals surface area (Å²) >= 11 is 1.42. The third-order valence-corrected chi connectivity index (χ3v) is 5.23. The molecular weight excluding hydrogens is 360 g/mol. The summed E-state index contributed by atoms with van der Waals surface area (Å²) in [5.41, 5.74) is 2.22. The van der Waals surface area contributed by atoms with E-state index in [1.54, 1.807) is 30.3 Å². The van der Waals surface area contributed by atoms with Crippen LogP contribution in [-0.4, -0.2) is 10.5 Å². The summed E-state index contributed by atoms with van der Waals surface area (Å²) in [6.45, 7) is 6.32. The Labute approximate surface area is 158 Å². The van der Waals surface area contributed by atoms with E-state index in [1.165, 1.54) is 17.4 Å². The number of fused-ring (bicyclic) bond motifs is 2. The van der Waals surface area contributed by atoms with Gasteiger partial charge in [0.05, 0.1) is 15.6 Å². The zero-order valence-electron chi connectivity index (χ0n) is 14.6. The van der Waals surface area contributed by atoms with Crippen LogP contribution in [0.15, 0.2) is 75.4 Å². The molecule has 134 valence electrons. The second kappa shape index (κ2) is 6.81. The maximum atomic E-state index is 12.7. The molecule has 0 radical (unpaired) electrons. The van der Waals surface area contributed by atoms with E-state index in [0.717, 1.165) is 15.8 Å². The first-order valence-electron chi connectivity index (χ1n) is 8.39. The Morgan fingerprint density at radius 2 is 2.07 bits per heavy atom. The summed E-state index contributed by atoms with van der Waals surface area (Å²) in [5, 5.41) is 0.438. The number of aryl methyl sites for hydroxylation is 1. The number of amides is 1. The number of para-hydroxylation sites is 1. The van der Waals surface area contributed by atoms with Gasteiger partial charge in [0.1, 0.15) is 5.58 Å². The van der Waals surface area contributed by atoms with Gasteiger partial charge in [-0.15, -0.1) is 6.58 Å². The summed E-state index contributed by atoms with van der Waals surface area (Å²) in [7, 11) is 0. The highest BCUT2D eigenvalue weighted by molar-refractivity contribution is 7.16. The van der Waals surface area contributed by atoms with Crippen molar-refractivity contribution >= 4 is 38.4 Å². The number of rotatable bonds is 3. The number of hydrogen-bond donors (Lipinski definition) is 0. The van der Waals surface area contributed by atoms with E-state index >= 15 is 0 Å². The lowest BCUT2D eigenvalue weighted by molar-refractivity contribution is 0.0972. The fourth-order valence-corrected chi connectivity index (χ4v) is 4.06. The first-order valence-corrected chi connectivity index (χ1v) is 9.21. The van der Waals surface area contributed by atoms with Crippen LogP contribution in [0.25, 0.3) is 21.2 Å². The Hall–Kier alpha value is -3.25. The van der Waals surface area contributed by atoms with Gasteiger partial charge in [0, 0.05) is 12.6 Å². The van der Waals surface area contributed by atoms with Gasteiger partial charge in [-0.05, 0) is 36.8 Å². The summed E-state index contributed by atoms with van der Waals surface area (Å²) in [6, 6.07) is 14.1. The maximum Gasteiger partial charge on any atom is 0.315 e. The average molecular weight is 376 g/mol. The molecule has 0 N–H and O–H groups in total. The van der Waals surface area contributed by atoms with Crippen molar-refractivity contribution in [2.24, 2.45) is 4.99 Å². The van der Waals surface area contributed by atoms with E-state index in [9.17, 15) is 9.59 Å². The number of allylic oxidation sites excluding steroid dienone is 1. The molecule has 1 amide bonds. The molecule has 5 nitrogen and oxygen atoms in total. The van der Waals surface area contributed by atoms with Gasteiger partial charge in [0.2, 0.25) is 0 Å². The molecule has 2 heterocycles. The van der Waals surface area contributed by atoms with Crippen LogP contribution in [0.5, 0.6) is 0 Å². The molecule has 0 unspecified atom stereocenters. The lowest BCUT2D eigenvalue weighted by atomic mass is 10.2. The van der Waals surface area contributed by atoms with Gasteiger partial charge in [-0.25, -0.2) is 0 Å². The Kier molecular flexibility index (Phi) is 4.33. The van der Waals surface area contributed by atoms with Gasteiger partial charge < -0.3 is 8.98 Å². The molecular formula is C21H16N2O3S. The van der Waals surface area contributed by atoms with E-state index in [4.69, 9.17) is 4.42 Å². The first-order chi connectivity index (χ1) is 13.1.